The lowest BCUT2D eigenvalue weighted by Crippen LogP contribution is -2.08. The van der Waals surface area contributed by atoms with Gasteiger partial charge in [0.25, 0.3) is 0 Å². The summed E-state index contributed by atoms with van der Waals surface area (Å²) in [5, 5.41) is 1.30. The Morgan fingerprint density at radius 2 is 1.96 bits per heavy atom. The summed E-state index contributed by atoms with van der Waals surface area (Å²) in [4.78, 5) is 16.6. The molecule has 0 amide bonds. The zero-order chi connectivity index (χ0) is 17.4. The third-order valence-electron chi connectivity index (χ3n) is 4.51. The van der Waals surface area contributed by atoms with E-state index < -0.39 is 0 Å². The molecule has 2 atom stereocenters. The van der Waals surface area contributed by atoms with Crippen molar-refractivity contribution in [3.63, 3.8) is 0 Å². The highest BCUT2D eigenvalue weighted by atomic mass is 35.5. The van der Waals surface area contributed by atoms with Crippen molar-refractivity contribution >= 4 is 28.5 Å². The average Bonchev–Trinajstić information content (AvgIpc) is 3.41. The normalized spacial score (nSPS) is 19.0. The first-order chi connectivity index (χ1) is 12.1. The molecule has 1 aromatic heterocycles. The largest absolute Gasteiger partial charge is 0.460 e. The van der Waals surface area contributed by atoms with Crippen LogP contribution >= 0.6 is 11.6 Å². The molecule has 0 bridgehead atoms. The molecule has 0 N–H and O–H groups in total. The van der Waals surface area contributed by atoms with Crippen LogP contribution in [-0.4, -0.2) is 11.0 Å². The van der Waals surface area contributed by atoms with Gasteiger partial charge in [0.15, 0.2) is 0 Å². The van der Waals surface area contributed by atoms with Crippen LogP contribution in [0.2, 0.25) is 5.15 Å². The lowest BCUT2D eigenvalue weighted by Gasteiger charge is -2.08. The molecule has 126 valence electrons. The minimum Gasteiger partial charge on any atom is -0.460 e. The Morgan fingerprint density at radius 1 is 1.20 bits per heavy atom. The fourth-order valence-electron chi connectivity index (χ4n) is 3.03. The number of pyridine rings is 1. The summed E-state index contributed by atoms with van der Waals surface area (Å²) in [5.74, 6) is -0.587. The number of para-hydroxylation sites is 1. The first kappa shape index (κ1) is 16.0. The van der Waals surface area contributed by atoms with E-state index in [-0.39, 0.29) is 30.2 Å². The third-order valence-corrected chi connectivity index (χ3v) is 4.84. The summed E-state index contributed by atoms with van der Waals surface area (Å²) in [5.41, 5.74) is 2.46. The van der Waals surface area contributed by atoms with Gasteiger partial charge in [-0.05, 0) is 42.2 Å². The summed E-state index contributed by atoms with van der Waals surface area (Å²) in [7, 11) is 0. The monoisotopic (exact) mass is 355 g/mol. The summed E-state index contributed by atoms with van der Waals surface area (Å²) >= 11 is 6.18. The van der Waals surface area contributed by atoms with Crippen molar-refractivity contribution in [2.45, 2.75) is 18.9 Å². The van der Waals surface area contributed by atoms with Gasteiger partial charge in [-0.25, -0.2) is 9.37 Å². The predicted octanol–water partition coefficient (Wildman–Crippen LogP) is 4.87. The number of ether oxygens (including phenoxy) is 1. The molecule has 1 saturated carbocycles. The number of rotatable bonds is 4. The highest BCUT2D eigenvalue weighted by Gasteiger charge is 2.45. The second-order valence-electron chi connectivity index (χ2n) is 6.24. The number of hydrogen-bond acceptors (Lipinski definition) is 3. The van der Waals surface area contributed by atoms with Gasteiger partial charge in [-0.2, -0.15) is 0 Å². The minimum atomic E-state index is -0.276. The van der Waals surface area contributed by atoms with E-state index in [0.29, 0.717) is 10.7 Å². The number of nitrogens with zero attached hydrogens (tertiary/aromatic N) is 1. The van der Waals surface area contributed by atoms with Gasteiger partial charge in [-0.15, -0.1) is 0 Å². The molecule has 1 fully saturated rings. The van der Waals surface area contributed by atoms with E-state index in [2.05, 4.69) is 4.98 Å². The molecule has 3 aromatic rings. The Morgan fingerprint density at radius 3 is 2.76 bits per heavy atom. The van der Waals surface area contributed by atoms with Crippen LogP contribution in [0.5, 0.6) is 0 Å². The molecule has 0 radical (unpaired) electrons. The first-order valence-corrected chi connectivity index (χ1v) is 8.46. The molecule has 2 aromatic carbocycles. The maximum atomic E-state index is 13.0. The Kier molecular flexibility index (Phi) is 4.14. The second-order valence-corrected chi connectivity index (χ2v) is 6.60. The molecule has 2 unspecified atom stereocenters. The molecule has 1 aliphatic carbocycles. The number of halogens is 2. The van der Waals surface area contributed by atoms with Crippen molar-refractivity contribution in [3.05, 3.63) is 76.7 Å². The fourth-order valence-corrected chi connectivity index (χ4v) is 3.23. The van der Waals surface area contributed by atoms with Crippen molar-refractivity contribution in [1.29, 1.82) is 0 Å². The molecule has 1 aliphatic rings. The topological polar surface area (TPSA) is 39.2 Å². The van der Waals surface area contributed by atoms with Gasteiger partial charge in [0.2, 0.25) is 0 Å². The quantitative estimate of drug-likeness (QED) is 0.495. The summed E-state index contributed by atoms with van der Waals surface area (Å²) in [6.45, 7) is 0.0993. The number of carbonyl (C=O) groups is 1. The third kappa shape index (κ3) is 3.35. The van der Waals surface area contributed by atoms with Gasteiger partial charge in [0.05, 0.1) is 11.4 Å². The van der Waals surface area contributed by atoms with Gasteiger partial charge in [0.1, 0.15) is 17.6 Å². The van der Waals surface area contributed by atoms with Crippen LogP contribution in [-0.2, 0) is 16.1 Å². The molecular formula is C20H15ClFNO2. The number of hydrogen-bond donors (Lipinski definition) is 0. The molecule has 0 aliphatic heterocycles. The SMILES string of the molecule is O=C(OCc1cc2ccccc2nc1Cl)C1CC1c1ccc(F)cc1. The minimum absolute atomic E-state index is 0.0993. The van der Waals surface area contributed by atoms with E-state index >= 15 is 0 Å². The van der Waals surface area contributed by atoms with Gasteiger partial charge in [0, 0.05) is 10.9 Å². The summed E-state index contributed by atoms with van der Waals surface area (Å²) in [6, 6.07) is 15.8. The zero-order valence-corrected chi connectivity index (χ0v) is 14.0. The van der Waals surface area contributed by atoms with Crippen molar-refractivity contribution in [2.24, 2.45) is 5.92 Å². The highest BCUT2D eigenvalue weighted by molar-refractivity contribution is 6.30. The van der Waals surface area contributed by atoms with Crippen molar-refractivity contribution in [3.8, 4) is 0 Å². The van der Waals surface area contributed by atoms with Crippen LogP contribution in [0.3, 0.4) is 0 Å². The average molecular weight is 356 g/mol. The molecule has 25 heavy (non-hydrogen) atoms. The molecule has 1 heterocycles. The predicted molar refractivity (Wildman–Crippen MR) is 93.8 cm³/mol. The molecule has 0 spiro atoms. The van der Waals surface area contributed by atoms with Gasteiger partial charge >= 0.3 is 5.97 Å². The lowest BCUT2D eigenvalue weighted by molar-refractivity contribution is -0.146. The Bertz CT molecular complexity index is 942. The highest BCUT2D eigenvalue weighted by Crippen LogP contribution is 2.48. The van der Waals surface area contributed by atoms with Gasteiger partial charge < -0.3 is 4.74 Å². The standard InChI is InChI=1S/C20H15ClFNO2/c21-19-14(9-13-3-1-2-4-18(13)23-19)11-25-20(24)17-10-16(17)12-5-7-15(22)8-6-12/h1-9,16-17H,10-11H2. The molecule has 0 saturated heterocycles. The zero-order valence-electron chi connectivity index (χ0n) is 13.3. The molecular weight excluding hydrogens is 341 g/mol. The van der Waals surface area contributed by atoms with Crippen LogP contribution in [0.15, 0.2) is 54.6 Å². The Labute approximate surface area is 149 Å². The summed E-state index contributed by atoms with van der Waals surface area (Å²) < 4.78 is 18.4. The van der Waals surface area contributed by atoms with Gasteiger partial charge in [-0.3, -0.25) is 4.79 Å². The Hall–Kier alpha value is -2.46. The molecule has 5 heteroatoms. The maximum Gasteiger partial charge on any atom is 0.309 e. The number of carbonyl (C=O) groups excluding carboxylic acids is 1. The van der Waals surface area contributed by atoms with Crippen molar-refractivity contribution in [1.82, 2.24) is 4.98 Å². The van der Waals surface area contributed by atoms with Crippen LogP contribution in [0.25, 0.3) is 10.9 Å². The molecule has 3 nitrogen and oxygen atoms in total. The number of fused-ring (bicyclic) bond motifs is 1. The summed E-state index contributed by atoms with van der Waals surface area (Å²) in [6.07, 6.45) is 0.730. The first-order valence-electron chi connectivity index (χ1n) is 8.08. The van der Waals surface area contributed by atoms with Crippen molar-refractivity contribution in [2.75, 3.05) is 0 Å². The van der Waals surface area contributed by atoms with E-state index in [1.54, 1.807) is 12.1 Å². The van der Waals surface area contributed by atoms with Gasteiger partial charge in [-0.1, -0.05) is 41.9 Å². The smallest absolute Gasteiger partial charge is 0.309 e. The van der Waals surface area contributed by atoms with E-state index in [1.807, 2.05) is 30.3 Å². The fraction of sp³-hybridized carbons (Fsp3) is 0.200. The van der Waals surface area contributed by atoms with Crippen LogP contribution in [0.1, 0.15) is 23.5 Å². The van der Waals surface area contributed by atoms with E-state index in [1.165, 1.54) is 12.1 Å². The van der Waals surface area contributed by atoms with E-state index in [9.17, 15) is 9.18 Å². The van der Waals surface area contributed by atoms with Crippen LogP contribution in [0, 0.1) is 11.7 Å². The van der Waals surface area contributed by atoms with Crippen molar-refractivity contribution < 1.29 is 13.9 Å². The second kappa shape index (κ2) is 6.45. The number of esters is 1. The van der Waals surface area contributed by atoms with E-state index in [4.69, 9.17) is 16.3 Å². The Balaban J connectivity index is 1.41. The lowest BCUT2D eigenvalue weighted by atomic mass is 10.1. The number of aromatic nitrogens is 1. The van der Waals surface area contributed by atoms with Crippen LogP contribution in [0.4, 0.5) is 4.39 Å². The maximum absolute atomic E-state index is 13.0. The van der Waals surface area contributed by atoms with E-state index in [0.717, 1.165) is 22.9 Å². The van der Waals surface area contributed by atoms with Crippen LogP contribution < -0.4 is 0 Å². The number of benzene rings is 2. The molecule has 4 rings (SSSR count).